The molecule has 0 bridgehead atoms. The van der Waals surface area contributed by atoms with Crippen molar-refractivity contribution in [2.24, 2.45) is 0 Å². The summed E-state index contributed by atoms with van der Waals surface area (Å²) in [4.78, 5) is 0. The molecule has 1 nitrogen and oxygen atoms in total. The molecule has 0 spiro atoms. The van der Waals surface area contributed by atoms with Crippen molar-refractivity contribution in [3.63, 3.8) is 0 Å². The molecule has 1 N–H and O–H groups in total. The number of unbranched alkanes of at least 4 members (excludes halogenated alkanes) is 4. The maximum atomic E-state index is 10.4. The van der Waals surface area contributed by atoms with Gasteiger partial charge in [0.1, 0.15) is 0 Å². The standard InChI is InChI=1S/C18H30O/c1-5-6-7-8-9-14-17(19)15-12-10-11-13-16(15)18(2,3)4/h10-13,17,19H,5-9,14H2,1-4H3. The number of rotatable bonds is 7. The van der Waals surface area contributed by atoms with Crippen molar-refractivity contribution in [2.45, 2.75) is 77.7 Å². The van der Waals surface area contributed by atoms with Crippen LogP contribution < -0.4 is 0 Å². The fraction of sp³-hybridized carbons (Fsp3) is 0.667. The minimum atomic E-state index is -0.308. The Kier molecular flexibility index (Phi) is 6.57. The summed E-state index contributed by atoms with van der Waals surface area (Å²) in [6, 6.07) is 8.33. The lowest BCUT2D eigenvalue weighted by Gasteiger charge is -2.25. The minimum absolute atomic E-state index is 0.0970. The normalized spacial score (nSPS) is 13.5. The van der Waals surface area contributed by atoms with Crippen molar-refractivity contribution in [1.82, 2.24) is 0 Å². The van der Waals surface area contributed by atoms with Crippen LogP contribution in [-0.4, -0.2) is 5.11 Å². The number of aliphatic hydroxyl groups is 1. The predicted octanol–water partition coefficient (Wildman–Crippen LogP) is 5.38. The zero-order chi connectivity index (χ0) is 14.3. The quantitative estimate of drug-likeness (QED) is 0.654. The molecule has 1 unspecified atom stereocenters. The van der Waals surface area contributed by atoms with Gasteiger partial charge in [0.15, 0.2) is 0 Å². The SMILES string of the molecule is CCCCCCCC(O)c1ccccc1C(C)(C)C. The summed E-state index contributed by atoms with van der Waals surface area (Å²) in [5.74, 6) is 0. The molecule has 0 radical (unpaired) electrons. The molecule has 0 aliphatic carbocycles. The second-order valence-electron chi connectivity index (χ2n) is 6.56. The smallest absolute Gasteiger partial charge is 0.0792 e. The minimum Gasteiger partial charge on any atom is -0.388 e. The van der Waals surface area contributed by atoms with Crippen molar-refractivity contribution in [3.8, 4) is 0 Å². The van der Waals surface area contributed by atoms with Crippen LogP contribution in [0.2, 0.25) is 0 Å². The maximum absolute atomic E-state index is 10.4. The number of aliphatic hydroxyl groups excluding tert-OH is 1. The topological polar surface area (TPSA) is 20.2 Å². The van der Waals surface area contributed by atoms with E-state index in [0.29, 0.717) is 0 Å². The van der Waals surface area contributed by atoms with E-state index in [1.807, 2.05) is 6.07 Å². The van der Waals surface area contributed by atoms with Crippen LogP contribution in [0, 0.1) is 0 Å². The Morgan fingerprint density at radius 1 is 1.00 bits per heavy atom. The Hall–Kier alpha value is -0.820. The first-order valence-corrected chi connectivity index (χ1v) is 7.74. The van der Waals surface area contributed by atoms with E-state index in [1.54, 1.807) is 0 Å². The Morgan fingerprint density at radius 3 is 2.26 bits per heavy atom. The van der Waals surface area contributed by atoms with Crippen molar-refractivity contribution >= 4 is 0 Å². The highest BCUT2D eigenvalue weighted by molar-refractivity contribution is 5.34. The van der Waals surface area contributed by atoms with Gasteiger partial charge in [-0.3, -0.25) is 0 Å². The van der Waals surface area contributed by atoms with E-state index in [0.717, 1.165) is 18.4 Å². The molecule has 1 aromatic rings. The van der Waals surface area contributed by atoms with E-state index >= 15 is 0 Å². The highest BCUT2D eigenvalue weighted by atomic mass is 16.3. The van der Waals surface area contributed by atoms with Gasteiger partial charge in [-0.15, -0.1) is 0 Å². The average molecular weight is 262 g/mol. The van der Waals surface area contributed by atoms with E-state index in [2.05, 4.69) is 45.9 Å². The second-order valence-corrected chi connectivity index (χ2v) is 6.56. The second kappa shape index (κ2) is 7.69. The van der Waals surface area contributed by atoms with Gasteiger partial charge in [0.05, 0.1) is 6.10 Å². The summed E-state index contributed by atoms with van der Waals surface area (Å²) < 4.78 is 0. The molecule has 1 heteroatoms. The average Bonchev–Trinajstić information content (AvgIpc) is 2.37. The largest absolute Gasteiger partial charge is 0.388 e. The summed E-state index contributed by atoms with van der Waals surface area (Å²) in [7, 11) is 0. The molecule has 1 aromatic carbocycles. The Bertz CT molecular complexity index is 362. The van der Waals surface area contributed by atoms with Crippen molar-refractivity contribution < 1.29 is 5.11 Å². The van der Waals surface area contributed by atoms with Crippen LogP contribution in [-0.2, 0) is 5.41 Å². The third kappa shape index (κ3) is 5.36. The molecule has 0 aliphatic heterocycles. The number of hydrogen-bond donors (Lipinski definition) is 1. The van der Waals surface area contributed by atoms with E-state index in [-0.39, 0.29) is 11.5 Å². The molecule has 0 heterocycles. The molecule has 0 amide bonds. The Morgan fingerprint density at radius 2 is 1.63 bits per heavy atom. The third-order valence-electron chi connectivity index (χ3n) is 3.71. The Labute approximate surface area is 119 Å². The third-order valence-corrected chi connectivity index (χ3v) is 3.71. The summed E-state index contributed by atoms with van der Waals surface area (Å²) in [6.07, 6.45) is 6.82. The van der Waals surface area contributed by atoms with Crippen molar-refractivity contribution in [2.75, 3.05) is 0 Å². The molecule has 0 aliphatic rings. The Balaban J connectivity index is 2.59. The van der Waals surface area contributed by atoms with Gasteiger partial charge >= 0.3 is 0 Å². The molecule has 19 heavy (non-hydrogen) atoms. The van der Waals surface area contributed by atoms with E-state index < -0.39 is 0 Å². The monoisotopic (exact) mass is 262 g/mol. The lowest BCUT2D eigenvalue weighted by atomic mass is 9.81. The van der Waals surface area contributed by atoms with Crippen LogP contribution in [0.5, 0.6) is 0 Å². The predicted molar refractivity (Wildman–Crippen MR) is 83.5 cm³/mol. The molecule has 0 aromatic heterocycles. The number of benzene rings is 1. The molecule has 1 atom stereocenters. The van der Waals surface area contributed by atoms with Crippen LogP contribution in [0.1, 0.15) is 83.5 Å². The highest BCUT2D eigenvalue weighted by Crippen LogP contribution is 2.31. The zero-order valence-electron chi connectivity index (χ0n) is 13.1. The lowest BCUT2D eigenvalue weighted by molar-refractivity contribution is 0.161. The van der Waals surface area contributed by atoms with Gasteiger partial charge in [-0.05, 0) is 23.0 Å². The van der Waals surface area contributed by atoms with Gasteiger partial charge in [0.25, 0.3) is 0 Å². The van der Waals surface area contributed by atoms with Gasteiger partial charge in [-0.1, -0.05) is 84.1 Å². The zero-order valence-corrected chi connectivity index (χ0v) is 13.1. The van der Waals surface area contributed by atoms with Gasteiger partial charge in [-0.2, -0.15) is 0 Å². The molecule has 0 saturated carbocycles. The summed E-state index contributed by atoms with van der Waals surface area (Å²) in [5, 5.41) is 10.4. The first kappa shape index (κ1) is 16.2. The first-order chi connectivity index (χ1) is 8.96. The molecular weight excluding hydrogens is 232 g/mol. The molecular formula is C18H30O. The van der Waals surface area contributed by atoms with Crippen LogP contribution in [0.15, 0.2) is 24.3 Å². The maximum Gasteiger partial charge on any atom is 0.0792 e. The van der Waals surface area contributed by atoms with Gasteiger partial charge in [0.2, 0.25) is 0 Å². The molecule has 0 fully saturated rings. The lowest BCUT2D eigenvalue weighted by Crippen LogP contribution is -2.16. The van der Waals surface area contributed by atoms with Crippen LogP contribution >= 0.6 is 0 Å². The van der Waals surface area contributed by atoms with E-state index in [1.165, 1.54) is 31.2 Å². The van der Waals surface area contributed by atoms with Crippen LogP contribution in [0.25, 0.3) is 0 Å². The van der Waals surface area contributed by atoms with Crippen molar-refractivity contribution in [1.29, 1.82) is 0 Å². The van der Waals surface area contributed by atoms with Gasteiger partial charge in [0, 0.05) is 0 Å². The highest BCUT2D eigenvalue weighted by Gasteiger charge is 2.20. The molecule has 108 valence electrons. The molecule has 1 rings (SSSR count). The van der Waals surface area contributed by atoms with E-state index in [4.69, 9.17) is 0 Å². The van der Waals surface area contributed by atoms with Crippen LogP contribution in [0.4, 0.5) is 0 Å². The summed E-state index contributed by atoms with van der Waals surface area (Å²) in [6.45, 7) is 8.85. The molecule has 0 saturated heterocycles. The summed E-state index contributed by atoms with van der Waals surface area (Å²) >= 11 is 0. The fourth-order valence-corrected chi connectivity index (χ4v) is 2.57. The number of hydrogen-bond acceptors (Lipinski definition) is 1. The van der Waals surface area contributed by atoms with Crippen molar-refractivity contribution in [3.05, 3.63) is 35.4 Å². The fourth-order valence-electron chi connectivity index (χ4n) is 2.57. The van der Waals surface area contributed by atoms with Gasteiger partial charge in [-0.25, -0.2) is 0 Å². The van der Waals surface area contributed by atoms with E-state index in [9.17, 15) is 5.11 Å². The summed E-state index contributed by atoms with van der Waals surface area (Å²) in [5.41, 5.74) is 2.49. The van der Waals surface area contributed by atoms with Gasteiger partial charge < -0.3 is 5.11 Å². The van der Waals surface area contributed by atoms with Crippen LogP contribution in [0.3, 0.4) is 0 Å². The first-order valence-electron chi connectivity index (χ1n) is 7.74.